The maximum atomic E-state index is 6.10. The van der Waals surface area contributed by atoms with Gasteiger partial charge in [-0.25, -0.2) is 0 Å². The molecule has 1 aromatic carbocycles. The lowest BCUT2D eigenvalue weighted by molar-refractivity contribution is 0.390. The van der Waals surface area contributed by atoms with Crippen molar-refractivity contribution in [3.05, 3.63) is 28.2 Å². The maximum Gasteiger partial charge on any atom is 0.0823 e. The van der Waals surface area contributed by atoms with Crippen LogP contribution in [-0.4, -0.2) is 19.6 Å². The number of anilines is 1. The van der Waals surface area contributed by atoms with Crippen LogP contribution in [-0.2, 0) is 0 Å². The summed E-state index contributed by atoms with van der Waals surface area (Å²) in [6, 6.07) is 5.69. The van der Waals surface area contributed by atoms with Crippen molar-refractivity contribution in [3.63, 3.8) is 0 Å². The molecule has 0 aliphatic carbocycles. The molecule has 2 rings (SSSR count). The quantitative estimate of drug-likeness (QED) is 0.869. The molecule has 0 amide bonds. The van der Waals surface area contributed by atoms with Crippen molar-refractivity contribution in [3.8, 4) is 0 Å². The summed E-state index contributed by atoms with van der Waals surface area (Å²) < 4.78 is 0. The minimum atomic E-state index is 0.608. The molecule has 1 aliphatic rings. The van der Waals surface area contributed by atoms with Crippen LogP contribution >= 0.6 is 23.2 Å². The van der Waals surface area contributed by atoms with Crippen molar-refractivity contribution in [1.82, 2.24) is 5.32 Å². The lowest BCUT2D eigenvalue weighted by Gasteiger charge is -2.23. The van der Waals surface area contributed by atoms with Gasteiger partial charge in [0.2, 0.25) is 0 Å². The van der Waals surface area contributed by atoms with E-state index in [2.05, 4.69) is 10.6 Å². The predicted molar refractivity (Wildman–Crippen MR) is 70.5 cm³/mol. The number of halogens is 2. The van der Waals surface area contributed by atoms with Crippen LogP contribution in [0.3, 0.4) is 0 Å². The second-order valence-corrected chi connectivity index (χ2v) is 4.96. The first-order valence-electron chi connectivity index (χ1n) is 5.66. The molecule has 4 heteroatoms. The van der Waals surface area contributed by atoms with Crippen LogP contribution in [0.15, 0.2) is 18.2 Å². The van der Waals surface area contributed by atoms with E-state index in [0.717, 1.165) is 31.2 Å². The first-order chi connectivity index (χ1) is 7.77. The Labute approximate surface area is 106 Å². The van der Waals surface area contributed by atoms with Gasteiger partial charge in [0, 0.05) is 6.54 Å². The van der Waals surface area contributed by atoms with E-state index in [0.29, 0.717) is 10.0 Å². The van der Waals surface area contributed by atoms with Crippen molar-refractivity contribution in [2.24, 2.45) is 5.92 Å². The Bertz CT molecular complexity index is 349. The topological polar surface area (TPSA) is 24.1 Å². The number of hydrogen-bond acceptors (Lipinski definition) is 2. The van der Waals surface area contributed by atoms with Crippen LogP contribution in [0.4, 0.5) is 5.69 Å². The minimum absolute atomic E-state index is 0.608. The fourth-order valence-electron chi connectivity index (χ4n) is 1.98. The number of rotatable bonds is 3. The number of piperidine rings is 1. The molecule has 1 fully saturated rings. The molecule has 1 saturated heterocycles. The van der Waals surface area contributed by atoms with Crippen LogP contribution in [0.5, 0.6) is 0 Å². The molecule has 1 aromatic rings. The van der Waals surface area contributed by atoms with E-state index in [9.17, 15) is 0 Å². The lowest BCUT2D eigenvalue weighted by atomic mass is 9.98. The molecule has 0 aromatic heterocycles. The summed E-state index contributed by atoms with van der Waals surface area (Å²) in [5.41, 5.74) is 0.938. The lowest BCUT2D eigenvalue weighted by Crippen LogP contribution is -2.31. The SMILES string of the molecule is Clc1cccc(NCC2CCNCC2)c1Cl. The molecule has 2 N–H and O–H groups in total. The second kappa shape index (κ2) is 5.76. The minimum Gasteiger partial charge on any atom is -0.384 e. The summed E-state index contributed by atoms with van der Waals surface area (Å²) in [4.78, 5) is 0. The molecular formula is C12H16Cl2N2. The van der Waals surface area contributed by atoms with Crippen molar-refractivity contribution in [2.75, 3.05) is 25.0 Å². The highest BCUT2D eigenvalue weighted by atomic mass is 35.5. The van der Waals surface area contributed by atoms with Gasteiger partial charge in [-0.3, -0.25) is 0 Å². The first-order valence-corrected chi connectivity index (χ1v) is 6.41. The van der Waals surface area contributed by atoms with E-state index >= 15 is 0 Å². The molecule has 0 bridgehead atoms. The number of nitrogens with one attached hydrogen (secondary N) is 2. The molecule has 0 atom stereocenters. The third-order valence-corrected chi connectivity index (χ3v) is 3.81. The van der Waals surface area contributed by atoms with E-state index in [-0.39, 0.29) is 0 Å². The molecule has 0 spiro atoms. The Kier molecular flexibility index (Phi) is 4.33. The fourth-order valence-corrected chi connectivity index (χ4v) is 2.35. The van der Waals surface area contributed by atoms with E-state index < -0.39 is 0 Å². The van der Waals surface area contributed by atoms with Gasteiger partial charge in [0.05, 0.1) is 15.7 Å². The summed E-state index contributed by atoms with van der Waals surface area (Å²) in [6.45, 7) is 3.22. The highest BCUT2D eigenvalue weighted by Crippen LogP contribution is 2.29. The Balaban J connectivity index is 1.91. The molecule has 0 unspecified atom stereocenters. The summed E-state index contributed by atoms with van der Waals surface area (Å²) in [5.74, 6) is 0.733. The average Bonchev–Trinajstić information content (AvgIpc) is 2.32. The molecule has 1 aliphatic heterocycles. The van der Waals surface area contributed by atoms with Gasteiger partial charge < -0.3 is 10.6 Å². The summed E-state index contributed by atoms with van der Waals surface area (Å²) in [5, 5.41) is 7.97. The van der Waals surface area contributed by atoms with Gasteiger partial charge in [0.15, 0.2) is 0 Å². The largest absolute Gasteiger partial charge is 0.384 e. The van der Waals surface area contributed by atoms with Crippen molar-refractivity contribution >= 4 is 28.9 Å². The summed E-state index contributed by atoms with van der Waals surface area (Å²) in [6.07, 6.45) is 2.45. The molecule has 2 nitrogen and oxygen atoms in total. The zero-order chi connectivity index (χ0) is 11.4. The Hall–Kier alpha value is -0.440. The normalized spacial score (nSPS) is 17.4. The van der Waals surface area contributed by atoms with E-state index in [1.165, 1.54) is 12.8 Å². The third-order valence-electron chi connectivity index (χ3n) is 2.99. The van der Waals surface area contributed by atoms with Crippen LogP contribution in [0.1, 0.15) is 12.8 Å². The summed E-state index contributed by atoms with van der Waals surface area (Å²) >= 11 is 12.1. The van der Waals surface area contributed by atoms with Gasteiger partial charge >= 0.3 is 0 Å². The van der Waals surface area contributed by atoms with Gasteiger partial charge in [-0.05, 0) is 44.0 Å². The molecule has 0 radical (unpaired) electrons. The standard InChI is InChI=1S/C12H16Cl2N2/c13-10-2-1-3-11(12(10)14)16-8-9-4-6-15-7-5-9/h1-3,9,15-16H,4-8H2. The Morgan fingerprint density at radius 1 is 1.25 bits per heavy atom. The zero-order valence-corrected chi connectivity index (χ0v) is 10.6. The van der Waals surface area contributed by atoms with Gasteiger partial charge in [0.25, 0.3) is 0 Å². The number of hydrogen-bond donors (Lipinski definition) is 2. The van der Waals surface area contributed by atoms with Crippen LogP contribution in [0.25, 0.3) is 0 Å². The molecule has 88 valence electrons. The van der Waals surface area contributed by atoms with Gasteiger partial charge in [0.1, 0.15) is 0 Å². The predicted octanol–water partition coefficient (Wildman–Crippen LogP) is 3.40. The molecule has 0 saturated carbocycles. The Morgan fingerprint density at radius 2 is 2.00 bits per heavy atom. The maximum absolute atomic E-state index is 6.10. The highest BCUT2D eigenvalue weighted by Gasteiger charge is 2.13. The molecule has 1 heterocycles. The molecular weight excluding hydrogens is 243 g/mol. The second-order valence-electron chi connectivity index (χ2n) is 4.18. The Morgan fingerprint density at radius 3 is 2.75 bits per heavy atom. The average molecular weight is 259 g/mol. The van der Waals surface area contributed by atoms with Crippen LogP contribution < -0.4 is 10.6 Å². The van der Waals surface area contributed by atoms with Gasteiger partial charge in [-0.2, -0.15) is 0 Å². The van der Waals surface area contributed by atoms with Gasteiger partial charge in [-0.15, -0.1) is 0 Å². The van der Waals surface area contributed by atoms with Gasteiger partial charge in [-0.1, -0.05) is 29.3 Å². The monoisotopic (exact) mass is 258 g/mol. The summed E-state index contributed by atoms with van der Waals surface area (Å²) in [7, 11) is 0. The van der Waals surface area contributed by atoms with Crippen molar-refractivity contribution in [1.29, 1.82) is 0 Å². The fraction of sp³-hybridized carbons (Fsp3) is 0.500. The van der Waals surface area contributed by atoms with Crippen LogP contribution in [0, 0.1) is 5.92 Å². The third kappa shape index (κ3) is 3.03. The van der Waals surface area contributed by atoms with Crippen LogP contribution in [0.2, 0.25) is 10.0 Å². The zero-order valence-electron chi connectivity index (χ0n) is 9.10. The number of benzene rings is 1. The van der Waals surface area contributed by atoms with Crippen molar-refractivity contribution < 1.29 is 0 Å². The molecule has 16 heavy (non-hydrogen) atoms. The van der Waals surface area contributed by atoms with E-state index in [1.54, 1.807) is 6.07 Å². The van der Waals surface area contributed by atoms with E-state index in [4.69, 9.17) is 23.2 Å². The van der Waals surface area contributed by atoms with E-state index in [1.807, 2.05) is 12.1 Å². The highest BCUT2D eigenvalue weighted by molar-refractivity contribution is 6.43. The van der Waals surface area contributed by atoms with Crippen molar-refractivity contribution in [2.45, 2.75) is 12.8 Å². The first kappa shape index (κ1) is 12.0. The smallest absolute Gasteiger partial charge is 0.0823 e.